The highest BCUT2D eigenvalue weighted by atomic mass is 16.4. The monoisotopic (exact) mass is 263 g/mol. The van der Waals surface area contributed by atoms with E-state index in [-0.39, 0.29) is 11.4 Å². The maximum Gasteiger partial charge on any atom is 0.170 e. The summed E-state index contributed by atoms with van der Waals surface area (Å²) in [6.07, 6.45) is 2.32. The molecule has 0 aromatic heterocycles. The van der Waals surface area contributed by atoms with Gasteiger partial charge in [0, 0.05) is 17.6 Å². The first-order valence-electron chi connectivity index (χ1n) is 6.72. The summed E-state index contributed by atoms with van der Waals surface area (Å²) in [6.45, 7) is 9.50. The van der Waals surface area contributed by atoms with Crippen LogP contribution in [0.15, 0.2) is 23.4 Å². The topological polar surface area (TPSA) is 70.6 Å². The summed E-state index contributed by atoms with van der Waals surface area (Å²) >= 11 is 0. The van der Waals surface area contributed by atoms with Gasteiger partial charge in [-0.15, -0.1) is 0 Å². The standard InChI is InChI=1S/C15H25N3O/c1-5-8-15(3,4)17-10-13-7-6-12(9-11(13)2)14(16)18-19/h6-7,9,17,19H,5,8,10H2,1-4H3,(H2,16,18). The summed E-state index contributed by atoms with van der Waals surface area (Å²) in [4.78, 5) is 0. The highest BCUT2D eigenvalue weighted by Gasteiger charge is 2.15. The lowest BCUT2D eigenvalue weighted by atomic mass is 9.97. The number of hydrogen-bond donors (Lipinski definition) is 3. The molecular weight excluding hydrogens is 238 g/mol. The third kappa shape index (κ3) is 4.56. The first kappa shape index (κ1) is 15.5. The van der Waals surface area contributed by atoms with Crippen LogP contribution in [0.1, 0.15) is 50.3 Å². The van der Waals surface area contributed by atoms with Crippen LogP contribution < -0.4 is 11.1 Å². The van der Waals surface area contributed by atoms with E-state index in [4.69, 9.17) is 10.9 Å². The van der Waals surface area contributed by atoms with Crippen molar-refractivity contribution in [2.45, 2.75) is 52.6 Å². The molecule has 0 amide bonds. The van der Waals surface area contributed by atoms with Crippen LogP contribution >= 0.6 is 0 Å². The fraction of sp³-hybridized carbons (Fsp3) is 0.533. The minimum atomic E-state index is 0.144. The van der Waals surface area contributed by atoms with Gasteiger partial charge in [0.05, 0.1) is 0 Å². The molecular formula is C15H25N3O. The van der Waals surface area contributed by atoms with Crippen molar-refractivity contribution in [3.8, 4) is 0 Å². The maximum atomic E-state index is 8.67. The zero-order valence-corrected chi connectivity index (χ0v) is 12.3. The predicted molar refractivity (Wildman–Crippen MR) is 79.5 cm³/mol. The molecule has 106 valence electrons. The number of hydrogen-bond acceptors (Lipinski definition) is 3. The number of aryl methyl sites for hydroxylation is 1. The zero-order chi connectivity index (χ0) is 14.5. The van der Waals surface area contributed by atoms with Crippen molar-refractivity contribution in [2.24, 2.45) is 10.9 Å². The van der Waals surface area contributed by atoms with E-state index in [0.717, 1.165) is 24.1 Å². The van der Waals surface area contributed by atoms with Crippen LogP contribution in [0.4, 0.5) is 0 Å². The summed E-state index contributed by atoms with van der Waals surface area (Å²) in [5.74, 6) is 0.147. The number of rotatable bonds is 6. The van der Waals surface area contributed by atoms with E-state index in [0.29, 0.717) is 0 Å². The van der Waals surface area contributed by atoms with Gasteiger partial charge in [0.25, 0.3) is 0 Å². The van der Waals surface area contributed by atoms with Gasteiger partial charge >= 0.3 is 0 Å². The van der Waals surface area contributed by atoms with Crippen LogP contribution in [-0.2, 0) is 6.54 Å². The molecule has 0 spiro atoms. The molecule has 0 saturated carbocycles. The molecule has 19 heavy (non-hydrogen) atoms. The molecule has 0 unspecified atom stereocenters. The Balaban J connectivity index is 2.76. The lowest BCUT2D eigenvalue weighted by Crippen LogP contribution is -2.38. The summed E-state index contributed by atoms with van der Waals surface area (Å²) < 4.78 is 0. The molecule has 0 radical (unpaired) electrons. The summed E-state index contributed by atoms with van der Waals surface area (Å²) in [6, 6.07) is 5.85. The molecule has 4 nitrogen and oxygen atoms in total. The van der Waals surface area contributed by atoms with E-state index in [1.54, 1.807) is 0 Å². The average molecular weight is 263 g/mol. The SMILES string of the molecule is CCCC(C)(C)NCc1ccc(/C(N)=N/O)cc1C. The van der Waals surface area contributed by atoms with Crippen LogP contribution in [0, 0.1) is 6.92 Å². The molecule has 0 heterocycles. The van der Waals surface area contributed by atoms with Gasteiger partial charge in [0.1, 0.15) is 0 Å². The first-order chi connectivity index (χ1) is 8.89. The van der Waals surface area contributed by atoms with E-state index in [1.165, 1.54) is 12.0 Å². The average Bonchev–Trinajstić information content (AvgIpc) is 2.36. The predicted octanol–water partition coefficient (Wildman–Crippen LogP) is 2.76. The number of amidine groups is 1. The van der Waals surface area contributed by atoms with Gasteiger partial charge in [-0.3, -0.25) is 0 Å². The van der Waals surface area contributed by atoms with Crippen molar-refractivity contribution in [1.82, 2.24) is 5.32 Å². The molecule has 1 aromatic rings. The summed E-state index contributed by atoms with van der Waals surface area (Å²) in [7, 11) is 0. The number of nitrogens with two attached hydrogens (primary N) is 1. The van der Waals surface area contributed by atoms with Crippen LogP contribution in [-0.4, -0.2) is 16.6 Å². The third-order valence-electron chi connectivity index (χ3n) is 3.38. The highest BCUT2D eigenvalue weighted by molar-refractivity contribution is 5.97. The fourth-order valence-electron chi connectivity index (χ4n) is 2.16. The number of nitrogens with zero attached hydrogens (tertiary/aromatic N) is 1. The molecule has 4 heteroatoms. The fourth-order valence-corrected chi connectivity index (χ4v) is 2.16. The largest absolute Gasteiger partial charge is 0.409 e. The minimum Gasteiger partial charge on any atom is -0.409 e. The van der Waals surface area contributed by atoms with Crippen molar-refractivity contribution in [3.05, 3.63) is 34.9 Å². The van der Waals surface area contributed by atoms with Gasteiger partial charge in [0.15, 0.2) is 5.84 Å². The van der Waals surface area contributed by atoms with Crippen molar-refractivity contribution in [2.75, 3.05) is 0 Å². The molecule has 0 aliphatic heterocycles. The Bertz CT molecular complexity index is 453. The second kappa shape index (κ2) is 6.57. The minimum absolute atomic E-state index is 0.144. The molecule has 0 fully saturated rings. The van der Waals surface area contributed by atoms with Crippen molar-refractivity contribution in [3.63, 3.8) is 0 Å². The lowest BCUT2D eigenvalue weighted by Gasteiger charge is -2.26. The Kier molecular flexibility index (Phi) is 5.36. The third-order valence-corrected chi connectivity index (χ3v) is 3.38. The Morgan fingerprint density at radius 1 is 1.42 bits per heavy atom. The molecule has 0 bridgehead atoms. The summed E-state index contributed by atoms with van der Waals surface area (Å²) in [5.41, 5.74) is 8.85. The number of nitrogens with one attached hydrogen (secondary N) is 1. The van der Waals surface area contributed by atoms with E-state index in [1.807, 2.05) is 25.1 Å². The number of oxime groups is 1. The van der Waals surface area contributed by atoms with Gasteiger partial charge < -0.3 is 16.3 Å². The Morgan fingerprint density at radius 3 is 2.63 bits per heavy atom. The molecule has 0 aliphatic rings. The van der Waals surface area contributed by atoms with Gasteiger partial charge in [0.2, 0.25) is 0 Å². The van der Waals surface area contributed by atoms with Crippen LogP contribution in [0.5, 0.6) is 0 Å². The quantitative estimate of drug-likeness (QED) is 0.320. The van der Waals surface area contributed by atoms with Gasteiger partial charge in [-0.2, -0.15) is 0 Å². The molecule has 4 N–H and O–H groups in total. The highest BCUT2D eigenvalue weighted by Crippen LogP contribution is 2.15. The van der Waals surface area contributed by atoms with Gasteiger partial charge in [-0.05, 0) is 44.4 Å². The molecule has 1 aromatic carbocycles. The van der Waals surface area contributed by atoms with Crippen molar-refractivity contribution < 1.29 is 5.21 Å². The van der Waals surface area contributed by atoms with E-state index >= 15 is 0 Å². The second-order valence-electron chi connectivity index (χ2n) is 5.61. The van der Waals surface area contributed by atoms with Crippen LogP contribution in [0.3, 0.4) is 0 Å². The Hall–Kier alpha value is -1.55. The van der Waals surface area contributed by atoms with E-state index in [2.05, 4.69) is 31.2 Å². The second-order valence-corrected chi connectivity index (χ2v) is 5.61. The van der Waals surface area contributed by atoms with Gasteiger partial charge in [-0.1, -0.05) is 30.6 Å². The zero-order valence-electron chi connectivity index (χ0n) is 12.3. The van der Waals surface area contributed by atoms with Crippen molar-refractivity contribution >= 4 is 5.84 Å². The Morgan fingerprint density at radius 2 is 2.11 bits per heavy atom. The van der Waals surface area contributed by atoms with E-state index < -0.39 is 0 Å². The smallest absolute Gasteiger partial charge is 0.170 e. The van der Waals surface area contributed by atoms with Gasteiger partial charge in [-0.25, -0.2) is 0 Å². The molecule has 0 aliphatic carbocycles. The molecule has 0 saturated heterocycles. The lowest BCUT2D eigenvalue weighted by molar-refractivity contribution is 0.318. The normalized spacial score (nSPS) is 12.7. The van der Waals surface area contributed by atoms with Crippen LogP contribution in [0.2, 0.25) is 0 Å². The summed E-state index contributed by atoms with van der Waals surface area (Å²) in [5, 5.41) is 15.3. The first-order valence-corrected chi connectivity index (χ1v) is 6.72. The number of benzene rings is 1. The van der Waals surface area contributed by atoms with Crippen LogP contribution in [0.25, 0.3) is 0 Å². The molecule has 0 atom stereocenters. The maximum absolute atomic E-state index is 8.67. The van der Waals surface area contributed by atoms with Crippen molar-refractivity contribution in [1.29, 1.82) is 0 Å². The van der Waals surface area contributed by atoms with E-state index in [9.17, 15) is 0 Å². The molecule has 1 rings (SSSR count). The Labute approximate surface area is 115 Å².